The van der Waals surface area contributed by atoms with Crippen LogP contribution in [0.15, 0.2) is 22.2 Å². The van der Waals surface area contributed by atoms with Gasteiger partial charge in [-0.15, -0.1) is 0 Å². The van der Waals surface area contributed by atoms with Gasteiger partial charge in [0, 0.05) is 0 Å². The van der Waals surface area contributed by atoms with Crippen molar-refractivity contribution in [2.75, 3.05) is 24.7 Å². The monoisotopic (exact) mass is 694 g/mol. The van der Waals surface area contributed by atoms with Crippen LogP contribution in [0.3, 0.4) is 0 Å². The third-order valence-corrected chi connectivity index (χ3v) is 9.27. The Kier molecular flexibility index (Phi) is 7.36. The Balaban J connectivity index is 1.18. The van der Waals surface area contributed by atoms with E-state index in [0.29, 0.717) is 0 Å². The molecule has 7 heterocycles. The van der Waals surface area contributed by atoms with E-state index in [2.05, 4.69) is 29.9 Å². The summed E-state index contributed by atoms with van der Waals surface area (Å²) in [5.41, 5.74) is 8.77. The summed E-state index contributed by atoms with van der Waals surface area (Å²) in [7, 11) is -10.4. The normalized spacial score (nSPS) is 37.1. The number of fused-ring (bicyclic) bond motifs is 4. The third-order valence-electron chi connectivity index (χ3n) is 7.30. The molecule has 22 nitrogen and oxygen atoms in total. The molecule has 3 aliphatic rings. The molecule has 8 N–H and O–H groups in total. The number of hydrogen-bond acceptors (Lipinski definition) is 16. The molecule has 10 atom stereocenters. The fourth-order valence-corrected chi connectivity index (χ4v) is 7.23. The summed E-state index contributed by atoms with van der Waals surface area (Å²) in [6.07, 6.45) is -13.4. The largest absolute Gasteiger partial charge is 0.472 e. The van der Waals surface area contributed by atoms with Crippen LogP contribution in [-0.4, -0.2) is 98.8 Å². The molecule has 3 saturated heterocycles. The van der Waals surface area contributed by atoms with Crippen molar-refractivity contribution in [2.24, 2.45) is 0 Å². The van der Waals surface area contributed by atoms with Gasteiger partial charge in [-0.2, -0.15) is 9.97 Å². The maximum Gasteiger partial charge on any atom is 0.472 e. The Morgan fingerprint density at radius 3 is 1.57 bits per heavy atom. The minimum absolute atomic E-state index is 0.214. The van der Waals surface area contributed by atoms with E-state index in [4.69, 9.17) is 39.0 Å². The second kappa shape index (κ2) is 10.9. The van der Waals surface area contributed by atoms with Crippen molar-refractivity contribution in [3.05, 3.63) is 33.4 Å². The molecule has 0 spiro atoms. The molecule has 248 valence electrons. The lowest BCUT2D eigenvalue weighted by molar-refractivity contribution is -0.0662. The molecule has 0 bridgehead atoms. The number of nitrogens with two attached hydrogens (primary N) is 2. The lowest BCUT2D eigenvalue weighted by Gasteiger charge is -2.27. The number of phosphoric acid groups is 2. The van der Waals surface area contributed by atoms with Crippen LogP contribution in [0.5, 0.6) is 0 Å². The summed E-state index contributed by atoms with van der Waals surface area (Å²) in [5.74, 6) is -0.663. The van der Waals surface area contributed by atoms with Crippen molar-refractivity contribution in [1.82, 2.24) is 39.0 Å². The van der Waals surface area contributed by atoms with Gasteiger partial charge in [0.05, 0.1) is 25.9 Å². The molecule has 0 radical (unpaired) electrons. The minimum Gasteiger partial charge on any atom is -0.369 e. The van der Waals surface area contributed by atoms with E-state index >= 15 is 8.78 Å². The lowest BCUT2D eigenvalue weighted by Crippen LogP contribution is -2.37. The summed E-state index contributed by atoms with van der Waals surface area (Å²) >= 11 is 0. The summed E-state index contributed by atoms with van der Waals surface area (Å²) in [5, 5.41) is 0. The first kappa shape index (κ1) is 30.9. The third kappa shape index (κ3) is 5.31. The lowest BCUT2D eigenvalue weighted by atomic mass is 10.1. The van der Waals surface area contributed by atoms with Crippen molar-refractivity contribution < 1.29 is 55.3 Å². The van der Waals surface area contributed by atoms with Gasteiger partial charge in [-0.25, -0.2) is 27.9 Å². The van der Waals surface area contributed by atoms with Gasteiger partial charge in [0.2, 0.25) is 11.9 Å². The molecule has 46 heavy (non-hydrogen) atoms. The number of nitrogens with one attached hydrogen (secondary N) is 2. The SMILES string of the molecule is Nc1nc2c(ncn2[C@@H]2O[C@@H]3COP(=O)(O)O[C@@H]4[C@H](F)[C@H](n5cnc6c(=O)[nH]c(N)nc65)O[C@@H]4COP(=O)(O)O[C@@H]3[C@@H]2F)c(=O)[nH]1. The molecule has 3 fully saturated rings. The van der Waals surface area contributed by atoms with E-state index in [1.165, 1.54) is 0 Å². The number of phosphoric ester groups is 2. The highest BCUT2D eigenvalue weighted by Crippen LogP contribution is 2.54. The molecule has 3 aliphatic heterocycles. The highest BCUT2D eigenvalue weighted by Gasteiger charge is 2.55. The summed E-state index contributed by atoms with van der Waals surface area (Å²) in [6.45, 7) is -1.98. The Morgan fingerprint density at radius 2 is 1.17 bits per heavy atom. The molecule has 2 unspecified atom stereocenters. The van der Waals surface area contributed by atoms with Gasteiger partial charge in [0.15, 0.2) is 47.1 Å². The van der Waals surface area contributed by atoms with E-state index in [1.54, 1.807) is 0 Å². The maximum atomic E-state index is 15.9. The Labute approximate surface area is 251 Å². The van der Waals surface area contributed by atoms with Crippen molar-refractivity contribution in [2.45, 2.75) is 49.2 Å². The van der Waals surface area contributed by atoms with Crippen LogP contribution in [0.4, 0.5) is 20.7 Å². The van der Waals surface area contributed by atoms with Gasteiger partial charge >= 0.3 is 15.6 Å². The number of nitrogen functional groups attached to an aromatic ring is 2. The van der Waals surface area contributed by atoms with Crippen LogP contribution in [0.2, 0.25) is 0 Å². The average molecular weight is 694 g/mol. The zero-order chi connectivity index (χ0) is 32.7. The van der Waals surface area contributed by atoms with Gasteiger partial charge in [0.25, 0.3) is 11.1 Å². The van der Waals surface area contributed by atoms with Crippen molar-refractivity contribution in [1.29, 1.82) is 0 Å². The number of anilines is 2. The standard InChI is InChI=1S/C20H22F2N10O12P2/c21-7-11-5(41-17(7)31-3-25-9-13(31)27-19(23)29-15(9)33)1-39-45(35,36)44-12-6(2-40-46(37,38)43-11)42-18(8(12)22)32-4-26-10-14(32)28-20(24)30-16(10)34/h3-8,11-12,17-18H,1-2H2,(H,35,36)(H,37,38)(H3,23,27,29,33)(H3,24,28,30,34)/t5-,6-,7+,8+,11+,12+,17-,18-/m1/s1. The van der Waals surface area contributed by atoms with Crippen molar-refractivity contribution in [3.8, 4) is 0 Å². The minimum atomic E-state index is -5.22. The molecule has 0 amide bonds. The highest BCUT2D eigenvalue weighted by molar-refractivity contribution is 7.47. The van der Waals surface area contributed by atoms with E-state index in [-0.39, 0.29) is 34.2 Å². The number of hydrogen-bond donors (Lipinski definition) is 6. The summed E-state index contributed by atoms with van der Waals surface area (Å²) < 4.78 is 91.0. The van der Waals surface area contributed by atoms with Crippen molar-refractivity contribution in [3.63, 3.8) is 0 Å². The number of nitrogens with zero attached hydrogens (tertiary/aromatic N) is 6. The average Bonchev–Trinajstić information content (AvgIpc) is 3.72. The fourth-order valence-electron chi connectivity index (χ4n) is 5.32. The van der Waals surface area contributed by atoms with Gasteiger partial charge in [0.1, 0.15) is 24.4 Å². The van der Waals surface area contributed by atoms with Crippen LogP contribution >= 0.6 is 15.6 Å². The molecular formula is C20H22F2N10O12P2. The van der Waals surface area contributed by atoms with Crippen LogP contribution in [0.25, 0.3) is 22.3 Å². The number of aromatic nitrogens is 8. The van der Waals surface area contributed by atoms with Crippen LogP contribution in [0, 0.1) is 0 Å². The highest BCUT2D eigenvalue weighted by atomic mass is 31.2. The molecular weight excluding hydrogens is 672 g/mol. The van der Waals surface area contributed by atoms with Gasteiger partial charge in [-0.3, -0.25) is 46.8 Å². The molecule has 26 heteroatoms. The number of ether oxygens (including phenoxy) is 2. The quantitative estimate of drug-likeness (QED) is 0.136. The zero-order valence-corrected chi connectivity index (χ0v) is 24.4. The Bertz CT molecular complexity index is 1910. The second-order valence-electron chi connectivity index (χ2n) is 10.2. The van der Waals surface area contributed by atoms with Crippen molar-refractivity contribution >= 4 is 49.9 Å². The number of halogens is 2. The maximum absolute atomic E-state index is 15.9. The summed E-state index contributed by atoms with van der Waals surface area (Å²) in [6, 6.07) is 0. The predicted octanol–water partition coefficient (Wildman–Crippen LogP) is -1.09. The number of H-pyrrole nitrogens is 2. The predicted molar refractivity (Wildman–Crippen MR) is 144 cm³/mol. The van der Waals surface area contributed by atoms with Gasteiger partial charge in [-0.05, 0) is 0 Å². The summed E-state index contributed by atoms with van der Waals surface area (Å²) in [4.78, 5) is 65.3. The molecule has 0 aliphatic carbocycles. The Morgan fingerprint density at radius 1 is 0.783 bits per heavy atom. The second-order valence-corrected chi connectivity index (χ2v) is 13.1. The van der Waals surface area contributed by atoms with E-state index in [1.807, 2.05) is 0 Å². The fraction of sp³-hybridized carbons (Fsp3) is 0.500. The molecule has 0 saturated carbocycles. The molecule has 0 aromatic carbocycles. The number of imidazole rings is 2. The first-order chi connectivity index (χ1) is 21.7. The zero-order valence-electron chi connectivity index (χ0n) is 22.7. The molecule has 7 rings (SSSR count). The molecule has 4 aromatic heterocycles. The van der Waals surface area contributed by atoms with E-state index in [0.717, 1.165) is 21.8 Å². The smallest absolute Gasteiger partial charge is 0.369 e. The first-order valence-electron chi connectivity index (χ1n) is 13.1. The van der Waals surface area contributed by atoms with Gasteiger partial charge in [-0.1, -0.05) is 0 Å². The number of rotatable bonds is 2. The van der Waals surface area contributed by atoms with Crippen LogP contribution < -0.4 is 22.6 Å². The van der Waals surface area contributed by atoms with Crippen LogP contribution in [-0.2, 0) is 36.7 Å². The van der Waals surface area contributed by atoms with Crippen LogP contribution in [0.1, 0.15) is 12.5 Å². The van der Waals surface area contributed by atoms with E-state index < -0.39 is 89.2 Å². The van der Waals surface area contributed by atoms with E-state index in [9.17, 15) is 28.5 Å². The molecule has 4 aromatic rings. The number of alkyl halides is 2. The number of aromatic amines is 2. The Hall–Kier alpha value is -3.70. The van der Waals surface area contributed by atoms with Gasteiger partial charge < -0.3 is 30.7 Å². The first-order valence-corrected chi connectivity index (χ1v) is 16.1. The topological polar surface area (TPSA) is 309 Å².